The number of hydrogen-bond donors (Lipinski definition) is 0. The predicted molar refractivity (Wildman–Crippen MR) is 42.8 cm³/mol. The molecule has 1 saturated heterocycles. The van der Waals surface area contributed by atoms with Gasteiger partial charge in [-0.25, -0.2) is 4.79 Å². The SMILES string of the molecule is CCOC(=O)N1CCC(=O)[C@H]1C. The van der Waals surface area contributed by atoms with Crippen molar-refractivity contribution in [2.75, 3.05) is 13.2 Å². The fourth-order valence-corrected chi connectivity index (χ4v) is 1.26. The van der Waals surface area contributed by atoms with Gasteiger partial charge in [0.05, 0.1) is 12.6 Å². The highest BCUT2D eigenvalue weighted by molar-refractivity contribution is 5.90. The van der Waals surface area contributed by atoms with Crippen LogP contribution < -0.4 is 0 Å². The van der Waals surface area contributed by atoms with Crippen molar-refractivity contribution in [2.45, 2.75) is 26.3 Å². The maximum absolute atomic E-state index is 11.2. The van der Waals surface area contributed by atoms with Crippen molar-refractivity contribution in [3.05, 3.63) is 0 Å². The molecular weight excluding hydrogens is 158 g/mol. The molecule has 0 spiro atoms. The van der Waals surface area contributed by atoms with Gasteiger partial charge in [0, 0.05) is 13.0 Å². The Kier molecular flexibility index (Phi) is 2.68. The predicted octanol–water partition coefficient (Wildman–Crippen LogP) is 0.806. The number of ketones is 1. The summed E-state index contributed by atoms with van der Waals surface area (Å²) in [5.74, 6) is 0.114. The number of hydrogen-bond acceptors (Lipinski definition) is 3. The lowest BCUT2D eigenvalue weighted by Crippen LogP contribution is -2.36. The van der Waals surface area contributed by atoms with Gasteiger partial charge in [0.1, 0.15) is 0 Å². The van der Waals surface area contributed by atoms with E-state index in [1.165, 1.54) is 4.90 Å². The molecule has 1 heterocycles. The Morgan fingerprint density at radius 2 is 2.42 bits per heavy atom. The molecule has 1 aliphatic heterocycles. The van der Waals surface area contributed by atoms with Crippen LogP contribution in [0.2, 0.25) is 0 Å². The summed E-state index contributed by atoms with van der Waals surface area (Å²) < 4.78 is 4.78. The number of ether oxygens (including phenoxy) is 1. The van der Waals surface area contributed by atoms with E-state index in [-0.39, 0.29) is 17.9 Å². The molecular formula is C8H13NO3. The molecule has 0 aromatic heterocycles. The molecule has 68 valence electrons. The molecule has 0 aliphatic carbocycles. The Morgan fingerprint density at radius 3 is 2.83 bits per heavy atom. The van der Waals surface area contributed by atoms with Crippen molar-refractivity contribution >= 4 is 11.9 Å². The van der Waals surface area contributed by atoms with Crippen LogP contribution in [0.5, 0.6) is 0 Å². The van der Waals surface area contributed by atoms with Crippen LogP contribution in [0, 0.1) is 0 Å². The van der Waals surface area contributed by atoms with Crippen LogP contribution in [-0.4, -0.2) is 36.0 Å². The molecule has 0 radical (unpaired) electrons. The van der Waals surface area contributed by atoms with Crippen molar-refractivity contribution < 1.29 is 14.3 Å². The quantitative estimate of drug-likeness (QED) is 0.586. The Hall–Kier alpha value is -1.06. The number of Topliss-reactive ketones (excluding diaryl/α,β-unsaturated/α-hetero) is 1. The first kappa shape index (κ1) is 9.03. The summed E-state index contributed by atoms with van der Waals surface area (Å²) in [4.78, 5) is 23.7. The summed E-state index contributed by atoms with van der Waals surface area (Å²) in [6.07, 6.45) is 0.0795. The summed E-state index contributed by atoms with van der Waals surface area (Å²) in [6.45, 7) is 4.34. The average molecular weight is 171 g/mol. The van der Waals surface area contributed by atoms with Crippen molar-refractivity contribution in [3.63, 3.8) is 0 Å². The molecule has 4 heteroatoms. The van der Waals surface area contributed by atoms with E-state index in [0.29, 0.717) is 19.6 Å². The molecule has 1 fully saturated rings. The zero-order valence-electron chi connectivity index (χ0n) is 7.37. The van der Waals surface area contributed by atoms with Gasteiger partial charge < -0.3 is 4.74 Å². The second-order valence-corrected chi connectivity index (χ2v) is 2.78. The minimum Gasteiger partial charge on any atom is -0.450 e. The van der Waals surface area contributed by atoms with Gasteiger partial charge in [-0.1, -0.05) is 0 Å². The number of amides is 1. The highest BCUT2D eigenvalue weighted by atomic mass is 16.6. The first-order chi connectivity index (χ1) is 5.66. The van der Waals surface area contributed by atoms with E-state index in [0.717, 1.165) is 0 Å². The Morgan fingerprint density at radius 1 is 1.75 bits per heavy atom. The monoisotopic (exact) mass is 171 g/mol. The third kappa shape index (κ3) is 1.57. The van der Waals surface area contributed by atoms with Crippen LogP contribution in [0.25, 0.3) is 0 Å². The third-order valence-corrected chi connectivity index (χ3v) is 2.03. The highest BCUT2D eigenvalue weighted by Gasteiger charge is 2.32. The van der Waals surface area contributed by atoms with Crippen molar-refractivity contribution in [1.29, 1.82) is 0 Å². The van der Waals surface area contributed by atoms with Gasteiger partial charge in [0.2, 0.25) is 0 Å². The number of nitrogens with zero attached hydrogens (tertiary/aromatic N) is 1. The second kappa shape index (κ2) is 3.56. The van der Waals surface area contributed by atoms with Gasteiger partial charge in [-0.3, -0.25) is 9.69 Å². The van der Waals surface area contributed by atoms with Gasteiger partial charge in [-0.15, -0.1) is 0 Å². The largest absolute Gasteiger partial charge is 0.450 e. The lowest BCUT2D eigenvalue weighted by molar-refractivity contribution is -0.119. The summed E-state index contributed by atoms with van der Waals surface area (Å²) in [6, 6.07) is -0.302. The molecule has 12 heavy (non-hydrogen) atoms. The second-order valence-electron chi connectivity index (χ2n) is 2.78. The number of carbonyl (C=O) groups is 2. The van der Waals surface area contributed by atoms with Crippen LogP contribution in [-0.2, 0) is 9.53 Å². The normalized spacial score (nSPS) is 23.0. The third-order valence-electron chi connectivity index (χ3n) is 2.03. The molecule has 1 atom stereocenters. The fraction of sp³-hybridized carbons (Fsp3) is 0.750. The minimum absolute atomic E-state index is 0.114. The highest BCUT2D eigenvalue weighted by Crippen LogP contribution is 2.13. The van der Waals surface area contributed by atoms with E-state index < -0.39 is 0 Å². The van der Waals surface area contributed by atoms with Crippen LogP contribution in [0.1, 0.15) is 20.3 Å². The smallest absolute Gasteiger partial charge is 0.410 e. The van der Waals surface area contributed by atoms with E-state index in [1.807, 2.05) is 0 Å². The molecule has 1 aliphatic rings. The van der Waals surface area contributed by atoms with Gasteiger partial charge >= 0.3 is 6.09 Å². The van der Waals surface area contributed by atoms with E-state index >= 15 is 0 Å². The Labute approximate surface area is 71.5 Å². The van der Waals surface area contributed by atoms with Crippen LogP contribution in [0.3, 0.4) is 0 Å². The van der Waals surface area contributed by atoms with E-state index in [2.05, 4.69) is 0 Å². The van der Waals surface area contributed by atoms with Gasteiger partial charge in [0.25, 0.3) is 0 Å². The summed E-state index contributed by atoms with van der Waals surface area (Å²) in [7, 11) is 0. The molecule has 0 aromatic rings. The lowest BCUT2D eigenvalue weighted by Gasteiger charge is -2.18. The van der Waals surface area contributed by atoms with Crippen LogP contribution in [0.15, 0.2) is 0 Å². The maximum Gasteiger partial charge on any atom is 0.410 e. The summed E-state index contributed by atoms with van der Waals surface area (Å²) in [5, 5.41) is 0. The average Bonchev–Trinajstić information content (AvgIpc) is 2.34. The standard InChI is InChI=1S/C8H13NO3/c1-3-12-8(11)9-5-4-7(10)6(9)2/h6H,3-5H2,1-2H3/t6-/m1/s1. The first-order valence-corrected chi connectivity index (χ1v) is 4.13. The molecule has 1 amide bonds. The number of carbonyl (C=O) groups excluding carboxylic acids is 2. The zero-order chi connectivity index (χ0) is 9.14. The molecule has 0 bridgehead atoms. The summed E-state index contributed by atoms with van der Waals surface area (Å²) in [5.41, 5.74) is 0. The molecule has 0 unspecified atom stereocenters. The van der Waals surface area contributed by atoms with Crippen molar-refractivity contribution in [2.24, 2.45) is 0 Å². The maximum atomic E-state index is 11.2. The van der Waals surface area contributed by atoms with E-state index in [1.54, 1.807) is 13.8 Å². The van der Waals surface area contributed by atoms with Gasteiger partial charge in [-0.2, -0.15) is 0 Å². The Bertz CT molecular complexity index is 202. The van der Waals surface area contributed by atoms with Crippen LogP contribution in [0.4, 0.5) is 4.79 Å². The molecule has 0 N–H and O–H groups in total. The Balaban J connectivity index is 2.53. The summed E-state index contributed by atoms with van der Waals surface area (Å²) >= 11 is 0. The lowest BCUT2D eigenvalue weighted by atomic mass is 10.2. The molecule has 0 saturated carbocycles. The fourth-order valence-electron chi connectivity index (χ4n) is 1.26. The van der Waals surface area contributed by atoms with Gasteiger partial charge in [-0.05, 0) is 13.8 Å². The van der Waals surface area contributed by atoms with Crippen LogP contribution >= 0.6 is 0 Å². The molecule has 0 aromatic carbocycles. The number of likely N-dealkylation sites (tertiary alicyclic amines) is 1. The number of rotatable bonds is 1. The first-order valence-electron chi connectivity index (χ1n) is 4.13. The van der Waals surface area contributed by atoms with Crippen molar-refractivity contribution in [1.82, 2.24) is 4.90 Å². The topological polar surface area (TPSA) is 46.6 Å². The van der Waals surface area contributed by atoms with Gasteiger partial charge in [0.15, 0.2) is 5.78 Å². The van der Waals surface area contributed by atoms with Crippen molar-refractivity contribution in [3.8, 4) is 0 Å². The van der Waals surface area contributed by atoms with E-state index in [9.17, 15) is 9.59 Å². The minimum atomic E-state index is -0.379. The molecule has 4 nitrogen and oxygen atoms in total. The van der Waals surface area contributed by atoms with E-state index in [4.69, 9.17) is 4.74 Å². The molecule has 1 rings (SSSR count). The zero-order valence-corrected chi connectivity index (χ0v) is 7.37.